The van der Waals surface area contributed by atoms with Crippen LogP contribution in [0.1, 0.15) is 32.1 Å². The van der Waals surface area contributed by atoms with Gasteiger partial charge in [-0.05, 0) is 24.7 Å². The number of hydrogen-bond donors (Lipinski definition) is 1. The lowest BCUT2D eigenvalue weighted by atomic mass is 9.83. The highest BCUT2D eigenvalue weighted by Crippen LogP contribution is 2.40. The average Bonchev–Trinajstić information content (AvgIpc) is 3.30. The van der Waals surface area contributed by atoms with Crippen LogP contribution in [0, 0.1) is 5.41 Å². The molecule has 8 heteroatoms. The molecule has 2 heterocycles. The number of aromatic nitrogens is 2. The molecule has 1 aromatic heterocycles. The van der Waals surface area contributed by atoms with Gasteiger partial charge in [-0.1, -0.05) is 12.8 Å². The van der Waals surface area contributed by atoms with Crippen molar-refractivity contribution in [2.75, 3.05) is 51.8 Å². The summed E-state index contributed by atoms with van der Waals surface area (Å²) in [7, 11) is 5.41. The minimum atomic E-state index is 0.0761. The maximum atomic E-state index is 12.6. The molecule has 150 valence electrons. The maximum absolute atomic E-state index is 12.6. The van der Waals surface area contributed by atoms with Gasteiger partial charge in [0, 0.05) is 53.6 Å². The number of hydrogen-bond acceptors (Lipinski definition) is 4. The monoisotopic (exact) mass is 376 g/mol. The van der Waals surface area contributed by atoms with Crippen LogP contribution in [-0.2, 0) is 16.6 Å². The molecule has 1 N–H and O–H groups in total. The molecule has 1 aliphatic carbocycles. The Hall–Kier alpha value is -2.09. The molecule has 1 saturated carbocycles. The topological polar surface area (TPSA) is 75.0 Å². The van der Waals surface area contributed by atoms with E-state index >= 15 is 0 Å². The van der Waals surface area contributed by atoms with Gasteiger partial charge in [0.2, 0.25) is 5.91 Å². The highest BCUT2D eigenvalue weighted by atomic mass is 16.5. The van der Waals surface area contributed by atoms with Crippen molar-refractivity contribution in [3.63, 3.8) is 0 Å². The van der Waals surface area contributed by atoms with Gasteiger partial charge in [-0.25, -0.2) is 0 Å². The van der Waals surface area contributed by atoms with Crippen molar-refractivity contribution in [1.29, 1.82) is 0 Å². The largest absolute Gasteiger partial charge is 0.385 e. The third-order valence-corrected chi connectivity index (χ3v) is 5.86. The first-order valence-electron chi connectivity index (χ1n) is 9.80. The molecule has 0 atom stereocenters. The number of aryl methyl sites for hydroxylation is 1. The van der Waals surface area contributed by atoms with E-state index in [2.05, 4.69) is 15.4 Å². The number of nitrogens with one attached hydrogen (secondary N) is 1. The van der Waals surface area contributed by atoms with Crippen molar-refractivity contribution in [2.45, 2.75) is 32.1 Å². The first-order valence-corrected chi connectivity index (χ1v) is 9.80. The van der Waals surface area contributed by atoms with Crippen LogP contribution in [0.3, 0.4) is 0 Å². The van der Waals surface area contributed by atoms with E-state index in [1.807, 2.05) is 18.1 Å². The molecule has 1 aromatic rings. The van der Waals surface area contributed by atoms with Crippen LogP contribution in [0.5, 0.6) is 0 Å². The lowest BCUT2D eigenvalue weighted by Gasteiger charge is -2.37. The molecule has 0 unspecified atom stereocenters. The highest BCUT2D eigenvalue weighted by Gasteiger charge is 2.34. The zero-order valence-electron chi connectivity index (χ0n) is 16.8. The zero-order valence-corrected chi connectivity index (χ0v) is 16.8. The molecule has 0 spiro atoms. The summed E-state index contributed by atoms with van der Waals surface area (Å²) in [6.07, 6.45) is 9.71. The van der Waals surface area contributed by atoms with Gasteiger partial charge in [0.1, 0.15) is 6.54 Å². The van der Waals surface area contributed by atoms with E-state index in [0.717, 1.165) is 37.8 Å². The fourth-order valence-electron chi connectivity index (χ4n) is 4.23. The van der Waals surface area contributed by atoms with Crippen LogP contribution < -0.4 is 10.2 Å². The van der Waals surface area contributed by atoms with Crippen LogP contribution in [0.4, 0.5) is 5.69 Å². The van der Waals surface area contributed by atoms with Crippen LogP contribution in [0.15, 0.2) is 17.4 Å². The van der Waals surface area contributed by atoms with Gasteiger partial charge in [0.05, 0.1) is 11.9 Å². The molecule has 3 rings (SSSR count). The SMILES string of the molecule is CN=C(NCC1(CCOC)CCCC1)N1CCN(c2cnn(C)c2)C(=O)C1. The van der Waals surface area contributed by atoms with Gasteiger partial charge >= 0.3 is 0 Å². The molecule has 1 aliphatic heterocycles. The van der Waals surface area contributed by atoms with Crippen molar-refractivity contribution >= 4 is 17.6 Å². The van der Waals surface area contributed by atoms with E-state index in [0.29, 0.717) is 13.1 Å². The van der Waals surface area contributed by atoms with Gasteiger partial charge in [-0.3, -0.25) is 14.5 Å². The minimum absolute atomic E-state index is 0.0761. The number of piperazine rings is 1. The van der Waals surface area contributed by atoms with Crippen molar-refractivity contribution in [2.24, 2.45) is 17.5 Å². The van der Waals surface area contributed by atoms with Crippen LogP contribution >= 0.6 is 0 Å². The molecule has 8 nitrogen and oxygen atoms in total. The Morgan fingerprint density at radius 2 is 2.15 bits per heavy atom. The Kier molecular flexibility index (Phi) is 6.36. The predicted octanol–water partition coefficient (Wildman–Crippen LogP) is 1.24. The Morgan fingerprint density at radius 3 is 2.74 bits per heavy atom. The Bertz CT molecular complexity index is 665. The maximum Gasteiger partial charge on any atom is 0.246 e. The summed E-state index contributed by atoms with van der Waals surface area (Å²) in [5, 5.41) is 7.71. The van der Waals surface area contributed by atoms with Gasteiger partial charge in [0.15, 0.2) is 5.96 Å². The predicted molar refractivity (Wildman–Crippen MR) is 106 cm³/mol. The third kappa shape index (κ3) is 4.61. The molecule has 2 aliphatic rings. The minimum Gasteiger partial charge on any atom is -0.385 e. The number of carbonyl (C=O) groups is 1. The van der Waals surface area contributed by atoms with Crippen molar-refractivity contribution in [1.82, 2.24) is 20.0 Å². The molecule has 0 bridgehead atoms. The number of methoxy groups -OCH3 is 1. The zero-order chi connectivity index (χ0) is 19.3. The van der Waals surface area contributed by atoms with Crippen LogP contribution in [-0.4, -0.2) is 73.5 Å². The second kappa shape index (κ2) is 8.73. The Balaban J connectivity index is 1.57. The summed E-state index contributed by atoms with van der Waals surface area (Å²) in [6, 6.07) is 0. The molecular formula is C19H32N6O2. The number of ether oxygens (including phenoxy) is 1. The highest BCUT2D eigenvalue weighted by molar-refractivity contribution is 5.98. The molecule has 0 aromatic carbocycles. The van der Waals surface area contributed by atoms with Crippen LogP contribution in [0.2, 0.25) is 0 Å². The quantitative estimate of drug-likeness (QED) is 0.597. The molecule has 1 amide bonds. The normalized spacial score (nSPS) is 20.4. The lowest BCUT2D eigenvalue weighted by Crippen LogP contribution is -2.56. The first kappa shape index (κ1) is 19.7. The summed E-state index contributed by atoms with van der Waals surface area (Å²) < 4.78 is 7.04. The molecule has 1 saturated heterocycles. The Morgan fingerprint density at radius 1 is 1.37 bits per heavy atom. The van der Waals surface area contributed by atoms with Crippen molar-refractivity contribution in [3.8, 4) is 0 Å². The van der Waals surface area contributed by atoms with E-state index < -0.39 is 0 Å². The van der Waals surface area contributed by atoms with E-state index in [-0.39, 0.29) is 11.3 Å². The van der Waals surface area contributed by atoms with E-state index in [9.17, 15) is 4.79 Å². The molecule has 27 heavy (non-hydrogen) atoms. The van der Waals surface area contributed by atoms with Gasteiger partial charge < -0.3 is 19.9 Å². The summed E-state index contributed by atoms with van der Waals surface area (Å²) in [5.41, 5.74) is 1.14. The van der Waals surface area contributed by atoms with Crippen LogP contribution in [0.25, 0.3) is 0 Å². The fraction of sp³-hybridized carbons (Fsp3) is 0.737. The third-order valence-electron chi connectivity index (χ3n) is 5.86. The van der Waals surface area contributed by atoms with Crippen molar-refractivity contribution in [3.05, 3.63) is 12.4 Å². The van der Waals surface area contributed by atoms with Gasteiger partial charge in [-0.2, -0.15) is 5.10 Å². The number of carbonyl (C=O) groups excluding carboxylic acids is 1. The number of anilines is 1. The number of amides is 1. The standard InChI is InChI=1S/C19H32N6O2/c1-20-18(21-15-19(8-11-27-3)6-4-5-7-19)24-9-10-25(17(26)14-24)16-12-22-23(2)13-16/h12-13H,4-11,14-15H2,1-3H3,(H,20,21). The lowest BCUT2D eigenvalue weighted by molar-refractivity contribution is -0.120. The second-order valence-electron chi connectivity index (χ2n) is 7.69. The van der Waals surface area contributed by atoms with Crippen molar-refractivity contribution < 1.29 is 9.53 Å². The molecule has 2 fully saturated rings. The summed E-state index contributed by atoms with van der Waals surface area (Å²) in [5.74, 6) is 0.894. The number of guanidine groups is 1. The van der Waals surface area contributed by atoms with Gasteiger partial charge in [0.25, 0.3) is 0 Å². The fourth-order valence-corrected chi connectivity index (χ4v) is 4.23. The van der Waals surface area contributed by atoms with E-state index in [1.54, 1.807) is 29.9 Å². The number of rotatable bonds is 6. The van der Waals surface area contributed by atoms with E-state index in [4.69, 9.17) is 4.74 Å². The second-order valence-corrected chi connectivity index (χ2v) is 7.69. The summed E-state index contributed by atoms with van der Waals surface area (Å²) in [6.45, 7) is 3.41. The molecular weight excluding hydrogens is 344 g/mol. The number of nitrogens with zero attached hydrogens (tertiary/aromatic N) is 5. The summed E-state index contributed by atoms with van der Waals surface area (Å²) in [4.78, 5) is 20.9. The Labute approximate surface area is 161 Å². The van der Waals surface area contributed by atoms with Gasteiger partial charge in [-0.15, -0.1) is 0 Å². The summed E-state index contributed by atoms with van der Waals surface area (Å²) >= 11 is 0. The van der Waals surface area contributed by atoms with E-state index in [1.165, 1.54) is 25.7 Å². The first-order chi connectivity index (χ1) is 13.1. The smallest absolute Gasteiger partial charge is 0.246 e. The average molecular weight is 377 g/mol. The number of aliphatic imine (C=N–C) groups is 1. The molecule has 0 radical (unpaired) electrons.